The van der Waals surface area contributed by atoms with Crippen LogP contribution in [0.25, 0.3) is 0 Å². The fourth-order valence-corrected chi connectivity index (χ4v) is 10.4. The number of nitrogens with two attached hydrogens (primary N) is 7. The Bertz CT molecular complexity index is 2760. The smallest absolute Gasteiger partial charge is 0.224 e. The van der Waals surface area contributed by atoms with Crippen molar-refractivity contribution in [2.75, 3.05) is 26.2 Å². The zero-order chi connectivity index (χ0) is 68.5. The molecule has 2 aromatic rings. The summed E-state index contributed by atoms with van der Waals surface area (Å²) in [4.78, 5) is 160. The minimum Gasteiger partial charge on any atom is -0.508 e. The lowest BCUT2D eigenvalue weighted by atomic mass is 9.85. The van der Waals surface area contributed by atoms with Crippen molar-refractivity contribution >= 4 is 76.3 Å². The number of phenols is 1. The lowest BCUT2D eigenvalue weighted by Crippen LogP contribution is -2.50. The summed E-state index contributed by atoms with van der Waals surface area (Å²) in [5.41, 5.74) is 40.4. The number of rotatable bonds is 47. The maximum absolute atomic E-state index is 14.9. The average molecular weight is 1280 g/mol. The van der Waals surface area contributed by atoms with Gasteiger partial charge in [0.25, 0.3) is 0 Å². The molecule has 0 aliphatic heterocycles. The van der Waals surface area contributed by atoms with Gasteiger partial charge in [-0.3, -0.25) is 62.9 Å². The van der Waals surface area contributed by atoms with Crippen molar-refractivity contribution in [1.29, 1.82) is 0 Å². The number of aromatic nitrogens is 2. The molecule has 1 aromatic carbocycles. The van der Waals surface area contributed by atoms with E-state index in [0.717, 1.165) is 0 Å². The topological polar surface area (TPSA) is 507 Å². The molecule has 91 heavy (non-hydrogen) atoms. The Morgan fingerprint density at radius 2 is 0.934 bits per heavy atom. The van der Waals surface area contributed by atoms with E-state index in [-0.39, 0.29) is 150 Å². The number of guanidine groups is 3. The van der Waals surface area contributed by atoms with Crippen LogP contribution < -0.4 is 61.4 Å². The summed E-state index contributed by atoms with van der Waals surface area (Å²) < 4.78 is 0. The number of imidazole rings is 1. The molecule has 1 heterocycles. The van der Waals surface area contributed by atoms with Crippen LogP contribution in [0, 0.1) is 53.3 Å². The van der Waals surface area contributed by atoms with E-state index in [2.05, 4.69) is 46.2 Å². The van der Waals surface area contributed by atoms with E-state index in [1.165, 1.54) is 24.7 Å². The molecule has 5 amide bonds. The van der Waals surface area contributed by atoms with Gasteiger partial charge < -0.3 is 76.6 Å². The molecule has 0 spiro atoms. The van der Waals surface area contributed by atoms with Crippen LogP contribution in [-0.2, 0) is 60.8 Å². The van der Waals surface area contributed by atoms with Gasteiger partial charge in [0.05, 0.1) is 37.0 Å². The maximum atomic E-state index is 14.9. The number of nitrogens with zero attached hydrogens (tertiary/aromatic N) is 4. The lowest BCUT2D eigenvalue weighted by molar-refractivity contribution is -0.137. The number of hydrogen-bond donors (Lipinski definition) is 14. The zero-order valence-corrected chi connectivity index (χ0v) is 54.4. The van der Waals surface area contributed by atoms with Crippen LogP contribution >= 0.6 is 0 Å². The van der Waals surface area contributed by atoms with Gasteiger partial charge >= 0.3 is 0 Å². The van der Waals surface area contributed by atoms with Gasteiger partial charge in [-0.2, -0.15) is 0 Å². The summed E-state index contributed by atoms with van der Waals surface area (Å²) in [6.45, 7) is 13.8. The predicted molar refractivity (Wildman–Crippen MR) is 347 cm³/mol. The first-order valence-corrected chi connectivity index (χ1v) is 31.5. The number of benzene rings is 1. The molecular weight excluding hydrogens is 1170 g/mol. The molecule has 0 aliphatic rings. The molecule has 0 aliphatic carbocycles. The van der Waals surface area contributed by atoms with Gasteiger partial charge in [-0.05, 0) is 93.2 Å². The van der Waals surface area contributed by atoms with Crippen LogP contribution in [0.2, 0.25) is 0 Å². The normalized spacial score (nSPS) is 14.6. The number of carbonyl (C=O) groups excluding carboxylic acids is 10. The van der Waals surface area contributed by atoms with Gasteiger partial charge in [0.1, 0.15) is 17.6 Å². The molecule has 0 radical (unpaired) electrons. The predicted octanol–water partition coefficient (Wildman–Crippen LogP) is 1.15. The summed E-state index contributed by atoms with van der Waals surface area (Å²) in [7, 11) is 0. The number of Topliss-reactive ketones (excluding diaryl/α,β-unsaturated/α-hetero) is 5. The number of nitrogens with one attached hydrogen (secondary N) is 5. The van der Waals surface area contributed by atoms with Crippen LogP contribution in [0.4, 0.5) is 0 Å². The second-order valence-electron chi connectivity index (χ2n) is 24.9. The highest BCUT2D eigenvalue weighted by Gasteiger charge is 2.37. The Balaban J connectivity index is 2.63. The molecule has 0 saturated heterocycles. The molecule has 0 saturated carbocycles. The van der Waals surface area contributed by atoms with Gasteiger partial charge in [-0.25, -0.2) is 4.98 Å². The Labute approximate surface area is 534 Å². The number of hydrogen-bond acceptors (Lipinski definition) is 16. The number of aliphatic hydroxyl groups is 1. The number of phenolic OH excluding ortho intramolecular Hbond substituents is 1. The number of ketones is 5. The highest BCUT2D eigenvalue weighted by Crippen LogP contribution is 2.25. The second-order valence-corrected chi connectivity index (χ2v) is 24.9. The van der Waals surface area contributed by atoms with Gasteiger partial charge in [-0.1, -0.05) is 73.9 Å². The van der Waals surface area contributed by atoms with E-state index in [1.807, 2.05) is 34.6 Å². The van der Waals surface area contributed by atoms with E-state index in [1.54, 1.807) is 32.9 Å². The number of aromatic amines is 1. The van der Waals surface area contributed by atoms with Crippen LogP contribution in [0.15, 0.2) is 51.8 Å². The Morgan fingerprint density at radius 1 is 0.516 bits per heavy atom. The monoisotopic (exact) mass is 1280 g/mol. The average Bonchev–Trinajstić information content (AvgIpc) is 3.94. The minimum atomic E-state index is -1.39. The van der Waals surface area contributed by atoms with Gasteiger partial charge in [0, 0.05) is 99.6 Å². The largest absolute Gasteiger partial charge is 0.508 e. The number of primary amides is 1. The summed E-state index contributed by atoms with van der Waals surface area (Å²) in [5.74, 6) is -12.6. The maximum Gasteiger partial charge on any atom is 0.224 e. The van der Waals surface area contributed by atoms with E-state index in [4.69, 9.17) is 40.1 Å². The number of aliphatic hydroxyl groups excluding tert-OH is 1. The summed E-state index contributed by atoms with van der Waals surface area (Å²) >= 11 is 0. The molecule has 0 fully saturated rings. The molecule has 28 nitrogen and oxygen atoms in total. The molecule has 508 valence electrons. The number of amides is 5. The third-order valence-electron chi connectivity index (χ3n) is 15.8. The fraction of sp³-hybridized carbons (Fsp3) is 0.651. The van der Waals surface area contributed by atoms with Crippen molar-refractivity contribution in [3.63, 3.8) is 0 Å². The first-order valence-electron chi connectivity index (χ1n) is 31.5. The van der Waals surface area contributed by atoms with Crippen molar-refractivity contribution < 1.29 is 58.2 Å². The van der Waals surface area contributed by atoms with Crippen LogP contribution in [0.3, 0.4) is 0 Å². The molecule has 10 atom stereocenters. The number of carbonyl (C=O) groups is 10. The number of aliphatic imine (C=N–C) groups is 3. The highest BCUT2D eigenvalue weighted by molar-refractivity contribution is 5.98. The van der Waals surface area contributed by atoms with Crippen LogP contribution in [0.5, 0.6) is 5.75 Å². The Hall–Kier alpha value is -8.30. The van der Waals surface area contributed by atoms with Crippen LogP contribution in [0.1, 0.15) is 157 Å². The van der Waals surface area contributed by atoms with Gasteiger partial charge in [0.2, 0.25) is 29.5 Å². The van der Waals surface area contributed by atoms with E-state index in [0.29, 0.717) is 17.7 Å². The van der Waals surface area contributed by atoms with Crippen molar-refractivity contribution in [2.45, 2.75) is 182 Å². The third kappa shape index (κ3) is 30.9. The van der Waals surface area contributed by atoms with Gasteiger partial charge in [-0.15, -0.1) is 0 Å². The second kappa shape index (κ2) is 41.2. The molecule has 0 unspecified atom stereocenters. The number of aromatic hydroxyl groups is 1. The third-order valence-corrected chi connectivity index (χ3v) is 15.8. The quantitative estimate of drug-likeness (QED) is 0.0251. The Kier molecular flexibility index (Phi) is 35.6. The summed E-state index contributed by atoms with van der Waals surface area (Å²) in [6.07, 6.45) is 2.45. The molecule has 0 bridgehead atoms. The first-order chi connectivity index (χ1) is 42.8. The highest BCUT2D eigenvalue weighted by atomic mass is 16.3. The van der Waals surface area contributed by atoms with Crippen molar-refractivity contribution in [1.82, 2.24) is 31.2 Å². The fourth-order valence-electron chi connectivity index (χ4n) is 10.4. The van der Waals surface area contributed by atoms with Crippen LogP contribution in [-0.4, -0.2) is 147 Å². The molecule has 28 heteroatoms. The standard InChI is InChI=1S/C63H104N16O12/c1-9-38(8)46(56(64)87)31-55(86)50(33-80)79-58(89)41(23-35(2)3)29-54(85)49(24-36(4)5)78-57(88)40(13-10-20-72-61(65)66)27-52(83)47(14-11-21-73-62(67)68)77-60(91)43(26-44-32-71-34-75-44)30-53(84)48(15-12-22-74-63(69)70)76-59(90)42(28-51(82)37(6)7)25-39-16-18-45(81)19-17-39/h16-19,32,34-38,40-43,46-50,80-81H,9-15,20-31,33H2,1-8H3,(H2,64,87)(H,71,75)(H,76,90)(H,77,91)(H,78,88)(H,79,89)(H4,65,66,72)(H4,67,68,73)(H4,69,70,74)/t38-,40+,41+,42+,43+,46-,47-,48-,49-,50-/m0/s1. The lowest BCUT2D eigenvalue weighted by Gasteiger charge is -2.27. The molecular formula is C63H104N16O12. The molecule has 1 aromatic heterocycles. The van der Waals surface area contributed by atoms with E-state index in [9.17, 15) is 58.2 Å². The molecule has 21 N–H and O–H groups in total. The SMILES string of the molecule is CC[C@H](C)[C@H](CC(=O)[C@H](CO)NC(=O)[C@@H](CC(=O)[C@H](CC(C)C)NC(=O)[C@H](CCCN=C(N)N)CC(=O)[C@H](CCCN=C(N)N)NC(=O)[C@@H](CC(=O)[C@H](CCCN=C(N)N)NC(=O)[C@@H](CC(=O)C(C)C)Cc1ccc(O)cc1)Cc1cnc[nH]1)CC(C)C)C(N)=O. The summed E-state index contributed by atoms with van der Waals surface area (Å²) in [5, 5.41) is 31.3. The van der Waals surface area contributed by atoms with E-state index < -0.39 is 132 Å². The summed E-state index contributed by atoms with van der Waals surface area (Å²) in [6, 6.07) is 1.09. The van der Waals surface area contributed by atoms with Crippen molar-refractivity contribution in [3.8, 4) is 5.75 Å². The minimum absolute atomic E-state index is 0.00563. The van der Waals surface area contributed by atoms with Crippen molar-refractivity contribution in [2.24, 2.45) is 108 Å². The number of H-pyrrole nitrogens is 1. The van der Waals surface area contributed by atoms with E-state index >= 15 is 0 Å². The first kappa shape index (κ1) is 78.8. The Morgan fingerprint density at radius 3 is 1.38 bits per heavy atom. The van der Waals surface area contributed by atoms with Gasteiger partial charge in [0.15, 0.2) is 41.0 Å². The van der Waals surface area contributed by atoms with Crippen molar-refractivity contribution in [3.05, 3.63) is 48.0 Å². The molecule has 2 rings (SSSR count). The zero-order valence-electron chi connectivity index (χ0n) is 54.4.